The Morgan fingerprint density at radius 1 is 1.07 bits per heavy atom. The molecule has 12 nitrogen and oxygen atoms in total. The van der Waals surface area contributed by atoms with Crippen molar-refractivity contribution >= 4 is 47.9 Å². The van der Waals surface area contributed by atoms with Gasteiger partial charge >= 0.3 is 11.9 Å². The number of carbonyl (C=O) groups is 6. The average molecular weight is 665 g/mol. The largest absolute Gasteiger partial charge is 0.480 e. The Bertz CT molecular complexity index is 1300. The van der Waals surface area contributed by atoms with E-state index < -0.39 is 65.3 Å². The fraction of sp³-hybridized carbons (Fsp3) is 0.758. The second-order valence-electron chi connectivity index (χ2n) is 14.4. The number of carboxylic acids is 1. The third-order valence-corrected chi connectivity index (χ3v) is 11.9. The summed E-state index contributed by atoms with van der Waals surface area (Å²) in [5.41, 5.74) is -1.91. The van der Waals surface area contributed by atoms with Crippen LogP contribution in [0.5, 0.6) is 0 Å². The number of aliphatic carboxylic acids is 1. The molecule has 0 aromatic heterocycles. The number of aliphatic hydroxyl groups is 2. The molecular weight excluding hydrogens is 616 g/mol. The molecule has 4 aliphatic rings. The normalized spacial score (nSPS) is 34.7. The van der Waals surface area contributed by atoms with Gasteiger partial charge in [-0.15, -0.1) is 0 Å². The highest BCUT2D eigenvalue weighted by Crippen LogP contribution is 2.67. The van der Waals surface area contributed by atoms with E-state index in [-0.39, 0.29) is 66.3 Å². The van der Waals surface area contributed by atoms with Gasteiger partial charge in [-0.05, 0) is 73.7 Å². The minimum absolute atomic E-state index is 0.0186. The number of hydrogen-bond acceptors (Lipinski definition) is 10. The van der Waals surface area contributed by atoms with Gasteiger partial charge in [0.05, 0.1) is 12.5 Å². The van der Waals surface area contributed by atoms with Gasteiger partial charge in [-0.25, -0.2) is 4.79 Å². The fourth-order valence-corrected chi connectivity index (χ4v) is 9.18. The number of aliphatic hydroxyl groups excluding tert-OH is 1. The lowest BCUT2D eigenvalue weighted by Crippen LogP contribution is -2.62. The molecule has 13 heteroatoms. The Morgan fingerprint density at radius 3 is 2.39 bits per heavy atom. The summed E-state index contributed by atoms with van der Waals surface area (Å²) >= 11 is 3.92. The number of esters is 1. The maximum atomic E-state index is 13.5. The van der Waals surface area contributed by atoms with Crippen LogP contribution in [-0.4, -0.2) is 86.8 Å². The molecule has 9 atom stereocenters. The van der Waals surface area contributed by atoms with Crippen molar-refractivity contribution in [3.05, 3.63) is 11.6 Å². The molecule has 0 unspecified atom stereocenters. The molecule has 4 rings (SSSR count). The van der Waals surface area contributed by atoms with Gasteiger partial charge in [0.15, 0.2) is 12.4 Å². The monoisotopic (exact) mass is 664 g/mol. The number of rotatable bonds is 12. The lowest BCUT2D eigenvalue weighted by Gasteiger charge is -2.60. The van der Waals surface area contributed by atoms with E-state index in [1.807, 2.05) is 6.92 Å². The second-order valence-corrected chi connectivity index (χ2v) is 14.8. The highest BCUT2D eigenvalue weighted by molar-refractivity contribution is 7.80. The smallest absolute Gasteiger partial charge is 0.327 e. The highest BCUT2D eigenvalue weighted by atomic mass is 32.1. The van der Waals surface area contributed by atoms with E-state index in [4.69, 9.17) is 9.84 Å². The first-order valence-corrected chi connectivity index (χ1v) is 16.9. The molecule has 0 spiro atoms. The summed E-state index contributed by atoms with van der Waals surface area (Å²) in [5, 5.41) is 37.4. The lowest BCUT2D eigenvalue weighted by atomic mass is 9.45. The molecule has 3 saturated carbocycles. The van der Waals surface area contributed by atoms with Gasteiger partial charge in [-0.3, -0.25) is 24.0 Å². The average Bonchev–Trinajstić information content (AvgIpc) is 3.26. The van der Waals surface area contributed by atoms with Crippen molar-refractivity contribution in [1.82, 2.24) is 10.6 Å². The quantitative estimate of drug-likeness (QED) is 0.132. The Labute approximate surface area is 274 Å². The van der Waals surface area contributed by atoms with Gasteiger partial charge in [0, 0.05) is 24.0 Å². The fourth-order valence-electron chi connectivity index (χ4n) is 8.93. The molecular formula is C33H48N2O10S. The van der Waals surface area contributed by atoms with Gasteiger partial charge < -0.3 is 30.7 Å². The minimum atomic E-state index is -1.79. The van der Waals surface area contributed by atoms with Gasteiger partial charge in [-0.1, -0.05) is 33.3 Å². The summed E-state index contributed by atoms with van der Waals surface area (Å²) < 4.78 is 5.20. The SMILES string of the molecule is CC(C)[C@@H](NC(=O)CCC(=O)OCC(=O)[C@@]1(O)CC[C@H]2[C@@H]3CCC4=CC(=O)CC[C@]4(C)[C@H]3[C@H](O)C[C@@]21C)C(=O)N[C@@H](CS)C(=O)O. The molecule has 5 N–H and O–H groups in total. The highest BCUT2D eigenvalue weighted by Gasteiger charge is 2.68. The third-order valence-electron chi connectivity index (χ3n) is 11.5. The third kappa shape index (κ3) is 6.64. The van der Waals surface area contributed by atoms with Crippen LogP contribution in [0, 0.1) is 34.5 Å². The molecule has 46 heavy (non-hydrogen) atoms. The number of fused-ring (bicyclic) bond motifs is 5. The van der Waals surface area contributed by atoms with Crippen LogP contribution in [0.3, 0.4) is 0 Å². The standard InChI is InChI=1S/C33H48N2O10S/c1-17(2)28(29(41)34-22(16-46)30(42)43)35-25(39)7-8-26(40)45-15-24(38)33(44)12-10-21-20-6-5-18-13-19(36)9-11-31(18,3)27(20)23(37)14-32(21,33)4/h13,17,20-23,27-28,37,44,46H,5-12,14-16H2,1-4H3,(H,34,41)(H,35,39)(H,42,43)/t20-,21-,22-,23+,27+,28+,31-,32-,33-/m0/s1. The molecule has 256 valence electrons. The van der Waals surface area contributed by atoms with E-state index in [0.29, 0.717) is 19.3 Å². The number of carboxylic acid groups (broad SMARTS) is 1. The van der Waals surface area contributed by atoms with Crippen molar-refractivity contribution in [3.8, 4) is 0 Å². The molecule has 2 amide bonds. The zero-order valence-corrected chi connectivity index (χ0v) is 27.9. The van der Waals surface area contributed by atoms with Crippen LogP contribution in [0.4, 0.5) is 0 Å². The molecule has 0 radical (unpaired) electrons. The summed E-state index contributed by atoms with van der Waals surface area (Å²) in [6.07, 6.45) is 3.94. The number of hydrogen-bond donors (Lipinski definition) is 6. The van der Waals surface area contributed by atoms with Crippen molar-refractivity contribution in [1.29, 1.82) is 0 Å². The van der Waals surface area contributed by atoms with E-state index in [1.165, 1.54) is 0 Å². The Morgan fingerprint density at radius 2 is 1.76 bits per heavy atom. The van der Waals surface area contributed by atoms with Crippen LogP contribution in [0.15, 0.2) is 11.6 Å². The van der Waals surface area contributed by atoms with Crippen LogP contribution >= 0.6 is 12.6 Å². The number of Topliss-reactive ketones (excluding diaryl/α,β-unsaturated/α-hetero) is 1. The van der Waals surface area contributed by atoms with Crippen LogP contribution < -0.4 is 10.6 Å². The van der Waals surface area contributed by atoms with E-state index in [9.17, 15) is 39.0 Å². The maximum Gasteiger partial charge on any atom is 0.327 e. The Kier molecular flexibility index (Phi) is 10.8. The summed E-state index contributed by atoms with van der Waals surface area (Å²) in [6.45, 7) is 6.66. The molecule has 0 aromatic carbocycles. The number of carbonyl (C=O) groups excluding carboxylic acids is 5. The van der Waals surface area contributed by atoms with E-state index in [1.54, 1.807) is 19.9 Å². The number of nitrogens with one attached hydrogen (secondary N) is 2. The predicted octanol–water partition coefficient (Wildman–Crippen LogP) is 1.75. The number of ether oxygens (including phenoxy) is 1. The summed E-state index contributed by atoms with van der Waals surface area (Å²) in [4.78, 5) is 74.5. The van der Waals surface area contributed by atoms with E-state index in [2.05, 4.69) is 30.2 Å². The van der Waals surface area contributed by atoms with Gasteiger partial charge in [0.2, 0.25) is 17.6 Å². The molecule has 0 bridgehead atoms. The van der Waals surface area contributed by atoms with E-state index in [0.717, 1.165) is 18.4 Å². The number of allylic oxidation sites excluding steroid dienone is 1. The van der Waals surface area contributed by atoms with Crippen LogP contribution in [0.1, 0.15) is 85.5 Å². The zero-order chi connectivity index (χ0) is 34.2. The topological polar surface area (TPSA) is 196 Å². The van der Waals surface area contributed by atoms with E-state index >= 15 is 0 Å². The molecule has 3 fully saturated rings. The first-order chi connectivity index (χ1) is 21.5. The first kappa shape index (κ1) is 36.1. The van der Waals surface area contributed by atoms with Gasteiger partial charge in [-0.2, -0.15) is 12.6 Å². The van der Waals surface area contributed by atoms with Crippen molar-refractivity contribution in [2.45, 2.75) is 109 Å². The molecule has 4 aliphatic carbocycles. The van der Waals surface area contributed by atoms with Crippen molar-refractivity contribution in [2.24, 2.45) is 34.5 Å². The number of amides is 2. The van der Waals surface area contributed by atoms with Crippen LogP contribution in [0.2, 0.25) is 0 Å². The summed E-state index contributed by atoms with van der Waals surface area (Å²) in [7, 11) is 0. The number of thiol groups is 1. The summed E-state index contributed by atoms with van der Waals surface area (Å²) in [6, 6.07) is -2.27. The first-order valence-electron chi connectivity index (χ1n) is 16.2. The molecule has 0 saturated heterocycles. The van der Waals surface area contributed by atoms with Gasteiger partial charge in [0.1, 0.15) is 17.7 Å². The Balaban J connectivity index is 1.33. The second kappa shape index (κ2) is 13.8. The van der Waals surface area contributed by atoms with Crippen molar-refractivity contribution in [3.63, 3.8) is 0 Å². The minimum Gasteiger partial charge on any atom is -0.480 e. The van der Waals surface area contributed by atoms with Gasteiger partial charge in [0.25, 0.3) is 0 Å². The molecule has 0 heterocycles. The number of ketones is 2. The maximum absolute atomic E-state index is 13.5. The molecule has 0 aromatic rings. The zero-order valence-electron chi connectivity index (χ0n) is 27.0. The van der Waals surface area contributed by atoms with Crippen LogP contribution in [0.25, 0.3) is 0 Å². The Hall–Kier alpha value is -2.77. The van der Waals surface area contributed by atoms with Crippen molar-refractivity contribution in [2.75, 3.05) is 12.4 Å². The molecule has 0 aliphatic heterocycles. The lowest BCUT2D eigenvalue weighted by molar-refractivity contribution is -0.184. The summed E-state index contributed by atoms with van der Waals surface area (Å²) in [5.74, 6) is -4.45. The predicted molar refractivity (Wildman–Crippen MR) is 168 cm³/mol. The van der Waals surface area contributed by atoms with Crippen molar-refractivity contribution < 1.29 is 48.8 Å². The van der Waals surface area contributed by atoms with Crippen LogP contribution in [-0.2, 0) is 33.5 Å².